The highest BCUT2D eigenvalue weighted by Crippen LogP contribution is 2.14. The molecule has 1 aliphatic heterocycles. The standard InChI is InChI=1S/C12H14FNO2/c1-9-8-10(4-5-11(9)13)12(15)14-6-2-3-7-16-14/h4-5,8H,2-3,6-7H2,1H3. The number of benzene rings is 1. The van der Waals surface area contributed by atoms with Crippen LogP contribution in [-0.2, 0) is 4.84 Å². The molecule has 1 aromatic carbocycles. The molecule has 0 unspecified atom stereocenters. The number of rotatable bonds is 1. The summed E-state index contributed by atoms with van der Waals surface area (Å²) in [6.07, 6.45) is 1.93. The number of amides is 1. The summed E-state index contributed by atoms with van der Waals surface area (Å²) in [4.78, 5) is 17.2. The molecule has 86 valence electrons. The van der Waals surface area contributed by atoms with Crippen LogP contribution < -0.4 is 0 Å². The van der Waals surface area contributed by atoms with E-state index in [9.17, 15) is 9.18 Å². The zero-order valence-corrected chi connectivity index (χ0v) is 9.20. The Kier molecular flexibility index (Phi) is 3.19. The van der Waals surface area contributed by atoms with E-state index in [2.05, 4.69) is 0 Å². The van der Waals surface area contributed by atoms with Crippen molar-refractivity contribution in [1.29, 1.82) is 0 Å². The average molecular weight is 223 g/mol. The van der Waals surface area contributed by atoms with Gasteiger partial charge in [-0.15, -0.1) is 0 Å². The first-order chi connectivity index (χ1) is 7.68. The van der Waals surface area contributed by atoms with E-state index in [0.29, 0.717) is 24.3 Å². The van der Waals surface area contributed by atoms with Crippen molar-refractivity contribution in [3.05, 3.63) is 35.1 Å². The predicted octanol–water partition coefficient (Wildman–Crippen LogP) is 2.30. The molecule has 0 saturated carbocycles. The van der Waals surface area contributed by atoms with E-state index in [1.807, 2.05) is 0 Å². The van der Waals surface area contributed by atoms with E-state index < -0.39 is 0 Å². The number of nitrogens with zero attached hydrogens (tertiary/aromatic N) is 1. The van der Waals surface area contributed by atoms with E-state index in [1.54, 1.807) is 13.0 Å². The number of halogens is 1. The van der Waals surface area contributed by atoms with Crippen LogP contribution in [0.3, 0.4) is 0 Å². The molecule has 0 aromatic heterocycles. The quantitative estimate of drug-likeness (QED) is 0.731. The molecule has 1 aromatic rings. The fraction of sp³-hybridized carbons (Fsp3) is 0.417. The van der Waals surface area contributed by atoms with Gasteiger partial charge in [-0.2, -0.15) is 0 Å². The highest BCUT2D eigenvalue weighted by atomic mass is 19.1. The summed E-state index contributed by atoms with van der Waals surface area (Å²) in [5.41, 5.74) is 0.948. The maximum atomic E-state index is 13.0. The van der Waals surface area contributed by atoms with E-state index in [0.717, 1.165) is 12.8 Å². The molecule has 0 spiro atoms. The number of hydrogen-bond donors (Lipinski definition) is 0. The third-order valence-corrected chi connectivity index (χ3v) is 2.63. The van der Waals surface area contributed by atoms with Gasteiger partial charge in [0.1, 0.15) is 5.82 Å². The van der Waals surface area contributed by atoms with Crippen LogP contribution in [0.2, 0.25) is 0 Å². The molecule has 0 aliphatic carbocycles. The minimum atomic E-state index is -0.295. The van der Waals surface area contributed by atoms with Crippen molar-refractivity contribution >= 4 is 5.91 Å². The Balaban J connectivity index is 2.16. The summed E-state index contributed by atoms with van der Waals surface area (Å²) < 4.78 is 13.0. The second kappa shape index (κ2) is 4.61. The Hall–Kier alpha value is -1.42. The molecule has 0 radical (unpaired) electrons. The van der Waals surface area contributed by atoms with Crippen LogP contribution in [0.25, 0.3) is 0 Å². The summed E-state index contributed by atoms with van der Waals surface area (Å²) in [7, 11) is 0. The van der Waals surface area contributed by atoms with Crippen LogP contribution in [0.5, 0.6) is 0 Å². The van der Waals surface area contributed by atoms with E-state index in [4.69, 9.17) is 4.84 Å². The second-order valence-electron chi connectivity index (χ2n) is 3.91. The Labute approximate surface area is 93.8 Å². The predicted molar refractivity (Wildman–Crippen MR) is 57.4 cm³/mol. The van der Waals surface area contributed by atoms with Crippen molar-refractivity contribution in [3.63, 3.8) is 0 Å². The molecule has 1 amide bonds. The van der Waals surface area contributed by atoms with Crippen LogP contribution in [0.15, 0.2) is 18.2 Å². The Morgan fingerprint density at radius 2 is 2.25 bits per heavy atom. The van der Waals surface area contributed by atoms with Gasteiger partial charge in [-0.3, -0.25) is 9.63 Å². The van der Waals surface area contributed by atoms with Gasteiger partial charge in [-0.25, -0.2) is 9.45 Å². The maximum Gasteiger partial charge on any atom is 0.277 e. The van der Waals surface area contributed by atoms with E-state index in [-0.39, 0.29) is 11.7 Å². The fourth-order valence-corrected chi connectivity index (χ4v) is 1.68. The number of carbonyl (C=O) groups excluding carboxylic acids is 1. The van der Waals surface area contributed by atoms with Crippen molar-refractivity contribution in [3.8, 4) is 0 Å². The van der Waals surface area contributed by atoms with E-state index in [1.165, 1.54) is 17.2 Å². The molecule has 1 fully saturated rings. The average Bonchev–Trinajstić information content (AvgIpc) is 2.33. The molecular weight excluding hydrogens is 209 g/mol. The Bertz CT molecular complexity index is 400. The first kappa shape index (κ1) is 11.1. The lowest BCUT2D eigenvalue weighted by Crippen LogP contribution is -2.35. The highest BCUT2D eigenvalue weighted by molar-refractivity contribution is 5.93. The van der Waals surface area contributed by atoms with Gasteiger partial charge in [0.25, 0.3) is 5.91 Å². The molecule has 3 nitrogen and oxygen atoms in total. The molecule has 1 aliphatic rings. The third-order valence-electron chi connectivity index (χ3n) is 2.63. The summed E-state index contributed by atoms with van der Waals surface area (Å²) in [6, 6.07) is 4.35. The van der Waals surface area contributed by atoms with Gasteiger partial charge in [0.05, 0.1) is 6.61 Å². The fourth-order valence-electron chi connectivity index (χ4n) is 1.68. The van der Waals surface area contributed by atoms with Gasteiger partial charge in [-0.1, -0.05) is 0 Å². The minimum absolute atomic E-state index is 0.192. The molecule has 1 saturated heterocycles. The van der Waals surface area contributed by atoms with Crippen molar-refractivity contribution in [1.82, 2.24) is 5.06 Å². The minimum Gasteiger partial charge on any atom is -0.271 e. The summed E-state index contributed by atoms with van der Waals surface area (Å²) in [6.45, 7) is 2.82. The smallest absolute Gasteiger partial charge is 0.271 e. The topological polar surface area (TPSA) is 29.5 Å². The lowest BCUT2D eigenvalue weighted by molar-refractivity contribution is -0.144. The molecule has 1 heterocycles. The van der Waals surface area contributed by atoms with Crippen molar-refractivity contribution in [2.75, 3.05) is 13.2 Å². The van der Waals surface area contributed by atoms with Gasteiger partial charge in [-0.05, 0) is 43.5 Å². The van der Waals surface area contributed by atoms with Crippen molar-refractivity contribution < 1.29 is 14.0 Å². The zero-order valence-electron chi connectivity index (χ0n) is 9.20. The second-order valence-corrected chi connectivity index (χ2v) is 3.91. The van der Waals surface area contributed by atoms with Gasteiger partial charge in [0.2, 0.25) is 0 Å². The molecular formula is C12H14FNO2. The molecule has 0 bridgehead atoms. The molecule has 4 heteroatoms. The Morgan fingerprint density at radius 3 is 2.88 bits per heavy atom. The van der Waals surface area contributed by atoms with Crippen molar-refractivity contribution in [2.45, 2.75) is 19.8 Å². The van der Waals surface area contributed by atoms with E-state index >= 15 is 0 Å². The lowest BCUT2D eigenvalue weighted by Gasteiger charge is -2.25. The largest absolute Gasteiger partial charge is 0.277 e. The number of carbonyl (C=O) groups is 1. The Morgan fingerprint density at radius 1 is 1.44 bits per heavy atom. The monoisotopic (exact) mass is 223 g/mol. The highest BCUT2D eigenvalue weighted by Gasteiger charge is 2.19. The first-order valence-electron chi connectivity index (χ1n) is 5.39. The molecule has 0 atom stereocenters. The van der Waals surface area contributed by atoms with Gasteiger partial charge < -0.3 is 0 Å². The maximum absolute atomic E-state index is 13.0. The first-order valence-corrected chi connectivity index (χ1v) is 5.39. The van der Waals surface area contributed by atoms with Crippen LogP contribution in [0.1, 0.15) is 28.8 Å². The summed E-state index contributed by atoms with van der Waals surface area (Å²) in [5.74, 6) is -0.487. The lowest BCUT2D eigenvalue weighted by atomic mass is 10.1. The molecule has 16 heavy (non-hydrogen) atoms. The van der Waals surface area contributed by atoms with Gasteiger partial charge in [0, 0.05) is 12.1 Å². The van der Waals surface area contributed by atoms with Crippen LogP contribution in [0.4, 0.5) is 4.39 Å². The SMILES string of the molecule is Cc1cc(C(=O)N2CCCCO2)ccc1F. The third kappa shape index (κ3) is 2.22. The summed E-state index contributed by atoms with van der Waals surface area (Å²) in [5, 5.41) is 1.36. The number of hydrogen-bond acceptors (Lipinski definition) is 2. The van der Waals surface area contributed by atoms with Gasteiger partial charge >= 0.3 is 0 Å². The van der Waals surface area contributed by atoms with Crippen molar-refractivity contribution in [2.24, 2.45) is 0 Å². The van der Waals surface area contributed by atoms with Gasteiger partial charge in [0.15, 0.2) is 0 Å². The summed E-state index contributed by atoms with van der Waals surface area (Å²) >= 11 is 0. The molecule has 2 rings (SSSR count). The zero-order chi connectivity index (χ0) is 11.5. The molecule has 0 N–H and O–H groups in total. The number of aryl methyl sites for hydroxylation is 1. The van der Waals surface area contributed by atoms with Crippen LogP contribution in [-0.4, -0.2) is 24.1 Å². The van der Waals surface area contributed by atoms with Crippen LogP contribution in [0, 0.1) is 12.7 Å². The van der Waals surface area contributed by atoms with Crippen LogP contribution >= 0.6 is 0 Å². The normalized spacial score (nSPS) is 16.2. The number of hydroxylamine groups is 2.